The Bertz CT molecular complexity index is 816. The van der Waals surface area contributed by atoms with Gasteiger partial charge in [0.1, 0.15) is 11.5 Å². The van der Waals surface area contributed by atoms with Gasteiger partial charge in [-0.05, 0) is 36.2 Å². The van der Waals surface area contributed by atoms with E-state index in [-0.39, 0.29) is 19.1 Å². The predicted molar refractivity (Wildman–Crippen MR) is 103 cm³/mol. The second kappa shape index (κ2) is 10.7. The van der Waals surface area contributed by atoms with Crippen molar-refractivity contribution in [3.05, 3.63) is 59.2 Å². The molecule has 0 bridgehead atoms. The Morgan fingerprint density at radius 1 is 1.07 bits per heavy atom. The number of ether oxygens (including phenoxy) is 3. The number of aldehydes is 1. The second-order valence-electron chi connectivity index (χ2n) is 5.92. The van der Waals surface area contributed by atoms with Gasteiger partial charge in [0.25, 0.3) is 5.91 Å². The molecule has 148 valence electrons. The summed E-state index contributed by atoms with van der Waals surface area (Å²) < 4.78 is 15.6. The summed E-state index contributed by atoms with van der Waals surface area (Å²) in [4.78, 5) is 34.6. The maximum absolute atomic E-state index is 12.0. The van der Waals surface area contributed by atoms with E-state index in [4.69, 9.17) is 9.47 Å². The molecule has 0 aliphatic carbocycles. The molecule has 2 rings (SSSR count). The zero-order chi connectivity index (χ0) is 20.4. The summed E-state index contributed by atoms with van der Waals surface area (Å²) in [7, 11) is 1.32. The topological polar surface area (TPSA) is 90.9 Å². The van der Waals surface area contributed by atoms with E-state index in [9.17, 15) is 14.4 Å². The molecule has 0 atom stereocenters. The van der Waals surface area contributed by atoms with Gasteiger partial charge in [-0.15, -0.1) is 0 Å². The number of nitrogens with one attached hydrogen (secondary N) is 1. The molecule has 0 unspecified atom stereocenters. The van der Waals surface area contributed by atoms with Crippen molar-refractivity contribution in [2.45, 2.75) is 19.9 Å². The summed E-state index contributed by atoms with van der Waals surface area (Å²) in [5, 5.41) is 2.72. The van der Waals surface area contributed by atoms with Crippen LogP contribution in [-0.4, -0.2) is 38.5 Å². The van der Waals surface area contributed by atoms with Crippen LogP contribution in [0.4, 0.5) is 0 Å². The first-order chi connectivity index (χ1) is 13.6. The molecule has 2 aromatic rings. The quantitative estimate of drug-likeness (QED) is 0.500. The molecule has 0 heterocycles. The smallest absolute Gasteiger partial charge is 0.337 e. The van der Waals surface area contributed by atoms with Crippen LogP contribution in [0.15, 0.2) is 42.5 Å². The number of carbonyl (C=O) groups is 3. The molecule has 1 N–H and O–H groups in total. The molecule has 28 heavy (non-hydrogen) atoms. The van der Waals surface area contributed by atoms with E-state index in [0.717, 1.165) is 12.0 Å². The third-order valence-electron chi connectivity index (χ3n) is 3.81. The lowest BCUT2D eigenvalue weighted by atomic mass is 10.1. The zero-order valence-corrected chi connectivity index (χ0v) is 15.9. The highest BCUT2D eigenvalue weighted by Crippen LogP contribution is 2.24. The molecular weight excluding hydrogens is 362 g/mol. The first kappa shape index (κ1) is 21.0. The molecule has 0 fully saturated rings. The van der Waals surface area contributed by atoms with Crippen molar-refractivity contribution in [2.75, 3.05) is 20.3 Å². The Labute approximate surface area is 163 Å². The number of esters is 1. The zero-order valence-electron chi connectivity index (χ0n) is 15.9. The third kappa shape index (κ3) is 6.12. The molecule has 0 aliphatic heterocycles. The van der Waals surface area contributed by atoms with Crippen molar-refractivity contribution < 1.29 is 28.6 Å². The lowest BCUT2D eigenvalue weighted by Gasteiger charge is -2.11. The van der Waals surface area contributed by atoms with E-state index in [1.165, 1.54) is 7.11 Å². The van der Waals surface area contributed by atoms with Gasteiger partial charge >= 0.3 is 5.97 Å². The number of hydrogen-bond donors (Lipinski definition) is 1. The van der Waals surface area contributed by atoms with Gasteiger partial charge in [0.2, 0.25) is 0 Å². The van der Waals surface area contributed by atoms with Crippen molar-refractivity contribution in [3.8, 4) is 11.5 Å². The fraction of sp³-hybridized carbons (Fsp3) is 0.286. The van der Waals surface area contributed by atoms with E-state index >= 15 is 0 Å². The highest BCUT2D eigenvalue weighted by atomic mass is 16.5. The summed E-state index contributed by atoms with van der Waals surface area (Å²) in [6.07, 6.45) is 1.52. The molecule has 0 aromatic heterocycles. The first-order valence-corrected chi connectivity index (χ1v) is 8.86. The van der Waals surface area contributed by atoms with Crippen LogP contribution >= 0.6 is 0 Å². The van der Waals surface area contributed by atoms with Crippen LogP contribution in [0.2, 0.25) is 0 Å². The van der Waals surface area contributed by atoms with Crippen LogP contribution in [0.1, 0.15) is 39.6 Å². The van der Waals surface area contributed by atoms with Gasteiger partial charge < -0.3 is 19.5 Å². The van der Waals surface area contributed by atoms with Gasteiger partial charge in [0.05, 0.1) is 24.8 Å². The number of methoxy groups -OCH3 is 1. The monoisotopic (exact) mass is 385 g/mol. The molecule has 1 amide bonds. The van der Waals surface area contributed by atoms with Gasteiger partial charge in [-0.1, -0.05) is 19.1 Å². The molecule has 7 heteroatoms. The van der Waals surface area contributed by atoms with Crippen molar-refractivity contribution in [1.29, 1.82) is 0 Å². The van der Waals surface area contributed by atoms with Crippen LogP contribution in [0.5, 0.6) is 11.5 Å². The molecule has 0 radical (unpaired) electrons. The number of hydrogen-bond acceptors (Lipinski definition) is 6. The van der Waals surface area contributed by atoms with E-state index in [0.29, 0.717) is 35.5 Å². The lowest BCUT2D eigenvalue weighted by molar-refractivity contribution is -0.123. The Kier molecular flexibility index (Phi) is 8.02. The Morgan fingerprint density at radius 2 is 1.82 bits per heavy atom. The summed E-state index contributed by atoms with van der Waals surface area (Å²) in [6, 6.07) is 11.6. The largest absolute Gasteiger partial charge is 0.493 e. The maximum atomic E-state index is 12.0. The van der Waals surface area contributed by atoms with Crippen LogP contribution in [0.3, 0.4) is 0 Å². The van der Waals surface area contributed by atoms with Crippen LogP contribution in [-0.2, 0) is 16.1 Å². The molecule has 7 nitrogen and oxygen atoms in total. The van der Waals surface area contributed by atoms with Gasteiger partial charge in [-0.2, -0.15) is 0 Å². The number of benzene rings is 2. The van der Waals surface area contributed by atoms with Gasteiger partial charge in [0.15, 0.2) is 12.9 Å². The van der Waals surface area contributed by atoms with E-state index in [2.05, 4.69) is 10.1 Å². The lowest BCUT2D eigenvalue weighted by Crippen LogP contribution is -2.28. The van der Waals surface area contributed by atoms with Crippen molar-refractivity contribution in [3.63, 3.8) is 0 Å². The Balaban J connectivity index is 1.88. The normalized spacial score (nSPS) is 10.1. The predicted octanol–water partition coefficient (Wildman–Crippen LogP) is 2.77. The highest BCUT2D eigenvalue weighted by Gasteiger charge is 2.09. The maximum Gasteiger partial charge on any atom is 0.337 e. The van der Waals surface area contributed by atoms with E-state index in [1.54, 1.807) is 42.5 Å². The molecule has 2 aromatic carbocycles. The standard InChI is InChI=1S/C21H23NO6/c1-3-10-27-18-9-8-17(13-23)19(11-18)28-14-20(24)22-12-15-4-6-16(7-5-15)21(25)26-2/h4-9,11,13H,3,10,12,14H2,1-2H3,(H,22,24). The van der Waals surface area contributed by atoms with Crippen LogP contribution in [0.25, 0.3) is 0 Å². The fourth-order valence-electron chi connectivity index (χ4n) is 2.32. The molecule has 0 saturated carbocycles. The number of rotatable bonds is 10. The molecule has 0 spiro atoms. The van der Waals surface area contributed by atoms with E-state index < -0.39 is 5.97 Å². The minimum absolute atomic E-state index is 0.238. The third-order valence-corrected chi connectivity index (χ3v) is 3.81. The van der Waals surface area contributed by atoms with Crippen molar-refractivity contribution in [2.24, 2.45) is 0 Å². The van der Waals surface area contributed by atoms with Gasteiger partial charge in [-0.3, -0.25) is 9.59 Å². The van der Waals surface area contributed by atoms with Gasteiger partial charge in [0, 0.05) is 12.6 Å². The van der Waals surface area contributed by atoms with E-state index in [1.807, 2.05) is 6.92 Å². The second-order valence-corrected chi connectivity index (χ2v) is 5.92. The summed E-state index contributed by atoms with van der Waals surface area (Å²) >= 11 is 0. The average Bonchev–Trinajstić information content (AvgIpc) is 2.74. The average molecular weight is 385 g/mol. The van der Waals surface area contributed by atoms with Crippen LogP contribution in [0, 0.1) is 0 Å². The molecule has 0 saturated heterocycles. The minimum atomic E-state index is -0.417. The minimum Gasteiger partial charge on any atom is -0.493 e. The van der Waals surface area contributed by atoms with Gasteiger partial charge in [-0.25, -0.2) is 4.79 Å². The SMILES string of the molecule is CCCOc1ccc(C=O)c(OCC(=O)NCc2ccc(C(=O)OC)cc2)c1. The summed E-state index contributed by atoms with van der Waals surface area (Å²) in [6.45, 7) is 2.59. The first-order valence-electron chi connectivity index (χ1n) is 8.86. The van der Waals surface area contributed by atoms with Crippen LogP contribution < -0.4 is 14.8 Å². The Hall–Kier alpha value is -3.35. The number of amides is 1. The fourth-order valence-corrected chi connectivity index (χ4v) is 2.32. The highest BCUT2D eigenvalue weighted by molar-refractivity contribution is 5.89. The van der Waals surface area contributed by atoms with Crippen molar-refractivity contribution in [1.82, 2.24) is 5.32 Å². The number of carbonyl (C=O) groups excluding carboxylic acids is 3. The summed E-state index contributed by atoms with van der Waals surface area (Å²) in [5.41, 5.74) is 1.60. The van der Waals surface area contributed by atoms with Crippen molar-refractivity contribution >= 4 is 18.2 Å². The Morgan fingerprint density at radius 3 is 2.46 bits per heavy atom. The molecule has 0 aliphatic rings. The molecular formula is C21H23NO6. The summed E-state index contributed by atoms with van der Waals surface area (Å²) in [5.74, 6) is 0.114.